The van der Waals surface area contributed by atoms with Gasteiger partial charge in [0.25, 0.3) is 0 Å². The Morgan fingerprint density at radius 2 is 1.68 bits per heavy atom. The zero-order chi connectivity index (χ0) is 13.5. The molecule has 6 heteroatoms. The molecule has 1 aromatic carbocycles. The van der Waals surface area contributed by atoms with E-state index in [4.69, 9.17) is 17.2 Å². The zero-order valence-corrected chi connectivity index (χ0v) is 12.1. The van der Waals surface area contributed by atoms with Crippen LogP contribution in [0.15, 0.2) is 40.3 Å². The van der Waals surface area contributed by atoms with Crippen LogP contribution in [0.3, 0.4) is 0 Å². The Balaban J connectivity index is 0.00000324. The Morgan fingerprint density at radius 1 is 1.11 bits per heavy atom. The molecule has 0 amide bonds. The average molecular weight is 284 g/mol. The molecule has 0 aliphatic carbocycles. The van der Waals surface area contributed by atoms with Crippen LogP contribution in [0, 0.1) is 5.92 Å². The van der Waals surface area contributed by atoms with Gasteiger partial charge in [0.15, 0.2) is 5.96 Å². The van der Waals surface area contributed by atoms with E-state index in [-0.39, 0.29) is 24.3 Å². The smallest absolute Gasteiger partial charge is 0.218 e. The maximum atomic E-state index is 5.60. The van der Waals surface area contributed by atoms with Crippen LogP contribution in [0.5, 0.6) is 0 Å². The first kappa shape index (κ1) is 17.2. The molecule has 1 atom stereocenters. The van der Waals surface area contributed by atoms with Crippen molar-refractivity contribution in [2.45, 2.75) is 19.8 Å². The Kier molecular flexibility index (Phi) is 7.60. The molecule has 0 spiro atoms. The van der Waals surface area contributed by atoms with Crippen molar-refractivity contribution >= 4 is 24.3 Å². The first-order valence-electron chi connectivity index (χ1n) is 5.95. The number of rotatable bonds is 4. The lowest BCUT2D eigenvalue weighted by molar-refractivity contribution is 0.507. The van der Waals surface area contributed by atoms with Crippen molar-refractivity contribution in [3.63, 3.8) is 0 Å². The fourth-order valence-corrected chi connectivity index (χ4v) is 1.76. The van der Waals surface area contributed by atoms with Crippen molar-refractivity contribution in [1.82, 2.24) is 0 Å². The van der Waals surface area contributed by atoms with E-state index in [1.54, 1.807) is 0 Å². The molecular weight excluding hydrogens is 262 g/mol. The summed E-state index contributed by atoms with van der Waals surface area (Å²) < 4.78 is 0. The van der Waals surface area contributed by atoms with Gasteiger partial charge in [-0.05, 0) is 11.5 Å². The number of benzene rings is 1. The summed E-state index contributed by atoms with van der Waals surface area (Å²) in [6.45, 7) is 4.89. The maximum absolute atomic E-state index is 5.60. The molecule has 0 heterocycles. The maximum Gasteiger partial charge on any atom is 0.218 e. The highest BCUT2D eigenvalue weighted by molar-refractivity contribution is 5.92. The van der Waals surface area contributed by atoms with Gasteiger partial charge in [-0.3, -0.25) is 4.99 Å². The van der Waals surface area contributed by atoms with Crippen molar-refractivity contribution in [3.05, 3.63) is 35.9 Å². The van der Waals surface area contributed by atoms with Gasteiger partial charge < -0.3 is 17.2 Å². The highest BCUT2D eigenvalue weighted by Gasteiger charge is 2.14. The standard InChI is InChI=1S/C13H21N5.ClH/c1-9(2)11(10-6-4-3-5-7-10)8-17-13(16)18-12(14)15;/h3-7,9,11H,8H2,1-2H3,(H6,14,15,16,17,18);1H. The molecule has 0 fully saturated rings. The van der Waals surface area contributed by atoms with E-state index >= 15 is 0 Å². The minimum absolute atomic E-state index is 0. The third kappa shape index (κ3) is 6.10. The summed E-state index contributed by atoms with van der Waals surface area (Å²) in [5, 5.41) is 0. The van der Waals surface area contributed by atoms with Crippen LogP contribution < -0.4 is 17.2 Å². The molecule has 0 aromatic heterocycles. The molecular formula is C13H22ClN5. The van der Waals surface area contributed by atoms with Crippen LogP contribution in [-0.4, -0.2) is 18.5 Å². The molecule has 0 saturated carbocycles. The number of hydrogen-bond donors (Lipinski definition) is 3. The molecule has 6 N–H and O–H groups in total. The topological polar surface area (TPSA) is 103 Å². The van der Waals surface area contributed by atoms with Crippen molar-refractivity contribution in [1.29, 1.82) is 0 Å². The van der Waals surface area contributed by atoms with Gasteiger partial charge in [0, 0.05) is 12.5 Å². The summed E-state index contributed by atoms with van der Waals surface area (Å²) in [4.78, 5) is 7.91. The molecule has 106 valence electrons. The normalized spacial score (nSPS) is 12.7. The lowest BCUT2D eigenvalue weighted by atomic mass is 9.88. The van der Waals surface area contributed by atoms with Gasteiger partial charge in [-0.2, -0.15) is 4.99 Å². The molecule has 1 unspecified atom stereocenters. The molecule has 0 aliphatic rings. The van der Waals surface area contributed by atoms with E-state index in [2.05, 4.69) is 36.0 Å². The SMILES string of the molecule is CC(C)C(CN=C(N)N=C(N)N)c1ccccc1.Cl. The molecule has 1 aromatic rings. The quantitative estimate of drug-likeness (QED) is 0.575. The summed E-state index contributed by atoms with van der Waals surface area (Å²) in [6.07, 6.45) is 0. The Hall–Kier alpha value is -1.75. The first-order valence-corrected chi connectivity index (χ1v) is 5.95. The molecule has 0 bridgehead atoms. The third-order valence-electron chi connectivity index (χ3n) is 2.73. The molecule has 1 rings (SSSR count). The van der Waals surface area contributed by atoms with Gasteiger partial charge in [0.1, 0.15) is 0 Å². The van der Waals surface area contributed by atoms with Crippen LogP contribution in [0.4, 0.5) is 0 Å². The van der Waals surface area contributed by atoms with Crippen LogP contribution in [-0.2, 0) is 0 Å². The van der Waals surface area contributed by atoms with Crippen molar-refractivity contribution in [3.8, 4) is 0 Å². The van der Waals surface area contributed by atoms with E-state index < -0.39 is 0 Å². The van der Waals surface area contributed by atoms with Crippen LogP contribution in [0.25, 0.3) is 0 Å². The van der Waals surface area contributed by atoms with E-state index in [9.17, 15) is 0 Å². The molecule has 0 radical (unpaired) electrons. The van der Waals surface area contributed by atoms with Crippen LogP contribution in [0.2, 0.25) is 0 Å². The summed E-state index contributed by atoms with van der Waals surface area (Å²) in [6, 6.07) is 10.2. The van der Waals surface area contributed by atoms with E-state index in [1.807, 2.05) is 18.2 Å². The number of halogens is 1. The second-order valence-corrected chi connectivity index (χ2v) is 4.50. The third-order valence-corrected chi connectivity index (χ3v) is 2.73. The molecule has 5 nitrogen and oxygen atoms in total. The minimum Gasteiger partial charge on any atom is -0.370 e. The van der Waals surface area contributed by atoms with Crippen molar-refractivity contribution in [2.24, 2.45) is 33.1 Å². The lowest BCUT2D eigenvalue weighted by Gasteiger charge is -2.19. The predicted molar refractivity (Wildman–Crippen MR) is 83.6 cm³/mol. The minimum atomic E-state index is -0.0722. The second-order valence-electron chi connectivity index (χ2n) is 4.50. The fraction of sp³-hybridized carbons (Fsp3) is 0.385. The second kappa shape index (κ2) is 8.37. The van der Waals surface area contributed by atoms with Gasteiger partial charge in [0.05, 0.1) is 0 Å². The largest absolute Gasteiger partial charge is 0.370 e. The molecule has 0 saturated heterocycles. The predicted octanol–water partition coefficient (Wildman–Crippen LogP) is 1.44. The number of nitrogens with two attached hydrogens (primary N) is 3. The van der Waals surface area contributed by atoms with Gasteiger partial charge in [-0.15, -0.1) is 12.4 Å². The molecule has 19 heavy (non-hydrogen) atoms. The van der Waals surface area contributed by atoms with E-state index in [0.717, 1.165) is 0 Å². The number of aliphatic imine (C=N–C) groups is 2. The van der Waals surface area contributed by atoms with Crippen molar-refractivity contribution in [2.75, 3.05) is 6.54 Å². The van der Waals surface area contributed by atoms with Crippen LogP contribution >= 0.6 is 12.4 Å². The number of nitrogens with zero attached hydrogens (tertiary/aromatic N) is 2. The van der Waals surface area contributed by atoms with Crippen molar-refractivity contribution < 1.29 is 0 Å². The van der Waals surface area contributed by atoms with Gasteiger partial charge >= 0.3 is 0 Å². The summed E-state index contributed by atoms with van der Waals surface area (Å²) >= 11 is 0. The van der Waals surface area contributed by atoms with Gasteiger partial charge in [-0.1, -0.05) is 44.2 Å². The average Bonchev–Trinajstić information content (AvgIpc) is 2.29. The first-order chi connectivity index (χ1) is 8.50. The summed E-state index contributed by atoms with van der Waals surface area (Å²) in [5.41, 5.74) is 17.3. The van der Waals surface area contributed by atoms with E-state index in [1.165, 1.54) is 5.56 Å². The monoisotopic (exact) mass is 283 g/mol. The number of hydrogen-bond acceptors (Lipinski definition) is 1. The van der Waals surface area contributed by atoms with E-state index in [0.29, 0.717) is 18.4 Å². The molecule has 0 aliphatic heterocycles. The Bertz CT molecular complexity index is 424. The highest BCUT2D eigenvalue weighted by atomic mass is 35.5. The fourth-order valence-electron chi connectivity index (χ4n) is 1.76. The highest BCUT2D eigenvalue weighted by Crippen LogP contribution is 2.24. The Morgan fingerprint density at radius 3 is 2.16 bits per heavy atom. The lowest BCUT2D eigenvalue weighted by Crippen LogP contribution is -2.26. The van der Waals surface area contributed by atoms with Gasteiger partial charge in [0.2, 0.25) is 5.96 Å². The number of guanidine groups is 2. The van der Waals surface area contributed by atoms with Gasteiger partial charge in [-0.25, -0.2) is 0 Å². The Labute approximate surface area is 120 Å². The summed E-state index contributed by atoms with van der Waals surface area (Å²) in [5.74, 6) is 0.816. The van der Waals surface area contributed by atoms with Crippen LogP contribution in [0.1, 0.15) is 25.3 Å². The summed E-state index contributed by atoms with van der Waals surface area (Å²) in [7, 11) is 0. The zero-order valence-electron chi connectivity index (χ0n) is 11.3.